The zero-order valence-corrected chi connectivity index (χ0v) is 16.8. The summed E-state index contributed by atoms with van der Waals surface area (Å²) in [6, 6.07) is 5.75. The van der Waals surface area contributed by atoms with E-state index in [1.807, 2.05) is 43.8 Å². The second-order valence-corrected chi connectivity index (χ2v) is 8.48. The van der Waals surface area contributed by atoms with Crippen LogP contribution in [0.5, 0.6) is 11.5 Å². The minimum atomic E-state index is -0.519. The van der Waals surface area contributed by atoms with Crippen LogP contribution in [0.2, 0.25) is 0 Å². The molecule has 0 unspecified atom stereocenters. The molecule has 1 heterocycles. The van der Waals surface area contributed by atoms with Gasteiger partial charge in [-0.05, 0) is 31.5 Å². The van der Waals surface area contributed by atoms with Gasteiger partial charge in [0.15, 0.2) is 11.5 Å². The third kappa shape index (κ3) is 6.96. The molecule has 0 spiro atoms. The van der Waals surface area contributed by atoms with Gasteiger partial charge in [0.1, 0.15) is 12.7 Å². The second kappa shape index (κ2) is 10.4. The van der Waals surface area contributed by atoms with Gasteiger partial charge in [0, 0.05) is 43.2 Å². The van der Waals surface area contributed by atoms with E-state index >= 15 is 0 Å². The Morgan fingerprint density at radius 1 is 1.27 bits per heavy atom. The Morgan fingerprint density at radius 2 is 2.00 bits per heavy atom. The predicted octanol–water partition coefficient (Wildman–Crippen LogP) is 1.34. The molecule has 0 bridgehead atoms. The molecule has 26 heavy (non-hydrogen) atoms. The van der Waals surface area contributed by atoms with Gasteiger partial charge in [-0.15, -0.1) is 0 Å². The van der Waals surface area contributed by atoms with E-state index in [0.717, 1.165) is 30.2 Å². The van der Waals surface area contributed by atoms with Crippen molar-refractivity contribution in [1.29, 1.82) is 0 Å². The molecule has 0 radical (unpaired) electrons. The fraction of sp³-hybridized carbons (Fsp3) is 0.684. The Hall–Kier alpha value is -0.990. The number of rotatable bonds is 10. The summed E-state index contributed by atoms with van der Waals surface area (Å²) >= 11 is 1.96. The lowest BCUT2D eigenvalue weighted by Gasteiger charge is -2.28. The number of hydrogen-bond acceptors (Lipinski definition) is 7. The Balaban J connectivity index is 1.86. The zero-order chi connectivity index (χ0) is 19.0. The standard InChI is InChI=1S/C19H32N2O4S/c1-19(2,14-22)20-11-15-4-5-17(18(10-15)24-3)25-13-16(23)12-21-6-8-26-9-7-21/h4-5,10,16,20,22-23H,6-9,11-14H2,1-3H3/t16-/m0/s1. The zero-order valence-electron chi connectivity index (χ0n) is 16.0. The Bertz CT molecular complexity index is 550. The Labute approximate surface area is 160 Å². The minimum absolute atomic E-state index is 0.0684. The summed E-state index contributed by atoms with van der Waals surface area (Å²) in [6.45, 7) is 7.52. The summed E-state index contributed by atoms with van der Waals surface area (Å²) in [5, 5.41) is 22.9. The molecule has 1 aliphatic heterocycles. The minimum Gasteiger partial charge on any atom is -0.493 e. The van der Waals surface area contributed by atoms with Crippen LogP contribution in [0.3, 0.4) is 0 Å². The summed E-state index contributed by atoms with van der Waals surface area (Å²) in [7, 11) is 1.61. The van der Waals surface area contributed by atoms with Crippen molar-refractivity contribution in [3.63, 3.8) is 0 Å². The van der Waals surface area contributed by atoms with Crippen LogP contribution in [0.25, 0.3) is 0 Å². The molecule has 1 aliphatic rings. The first-order valence-electron chi connectivity index (χ1n) is 9.07. The monoisotopic (exact) mass is 384 g/mol. The van der Waals surface area contributed by atoms with Crippen molar-refractivity contribution in [1.82, 2.24) is 10.2 Å². The normalized spacial score (nSPS) is 17.1. The molecule has 0 saturated carbocycles. The average Bonchev–Trinajstić information content (AvgIpc) is 2.66. The van der Waals surface area contributed by atoms with E-state index in [1.165, 1.54) is 0 Å². The van der Waals surface area contributed by atoms with Gasteiger partial charge in [-0.2, -0.15) is 11.8 Å². The first-order valence-corrected chi connectivity index (χ1v) is 10.2. The van der Waals surface area contributed by atoms with Crippen molar-refractivity contribution in [3.8, 4) is 11.5 Å². The maximum Gasteiger partial charge on any atom is 0.161 e. The van der Waals surface area contributed by atoms with Crippen LogP contribution in [0.1, 0.15) is 19.4 Å². The number of hydrogen-bond donors (Lipinski definition) is 3. The van der Waals surface area contributed by atoms with Gasteiger partial charge in [0.25, 0.3) is 0 Å². The Morgan fingerprint density at radius 3 is 2.65 bits per heavy atom. The van der Waals surface area contributed by atoms with E-state index in [9.17, 15) is 10.2 Å². The van der Waals surface area contributed by atoms with E-state index < -0.39 is 6.10 Å². The van der Waals surface area contributed by atoms with Crippen molar-refractivity contribution in [2.75, 3.05) is 51.5 Å². The molecular weight excluding hydrogens is 352 g/mol. The lowest BCUT2D eigenvalue weighted by atomic mass is 10.1. The third-order valence-corrected chi connectivity index (χ3v) is 5.34. The highest BCUT2D eigenvalue weighted by molar-refractivity contribution is 7.99. The molecular formula is C19H32N2O4S. The van der Waals surface area contributed by atoms with Crippen LogP contribution in [-0.2, 0) is 6.54 Å². The number of benzene rings is 1. The van der Waals surface area contributed by atoms with Crippen LogP contribution in [0.4, 0.5) is 0 Å². The van der Waals surface area contributed by atoms with E-state index in [0.29, 0.717) is 24.6 Å². The van der Waals surface area contributed by atoms with E-state index in [4.69, 9.17) is 9.47 Å². The maximum atomic E-state index is 10.2. The van der Waals surface area contributed by atoms with Gasteiger partial charge in [0.2, 0.25) is 0 Å². The van der Waals surface area contributed by atoms with Crippen molar-refractivity contribution >= 4 is 11.8 Å². The second-order valence-electron chi connectivity index (χ2n) is 7.26. The fourth-order valence-corrected chi connectivity index (χ4v) is 3.64. The molecule has 0 aliphatic carbocycles. The summed E-state index contributed by atoms with van der Waals surface area (Å²) in [6.07, 6.45) is -0.519. The molecule has 3 N–H and O–H groups in total. The highest BCUT2D eigenvalue weighted by atomic mass is 32.2. The van der Waals surface area contributed by atoms with Crippen LogP contribution in [0.15, 0.2) is 18.2 Å². The first-order chi connectivity index (χ1) is 12.4. The highest BCUT2D eigenvalue weighted by Crippen LogP contribution is 2.28. The number of nitrogens with one attached hydrogen (secondary N) is 1. The molecule has 0 amide bonds. The maximum absolute atomic E-state index is 10.2. The first kappa shape index (κ1) is 21.3. The number of aliphatic hydroxyl groups excluding tert-OH is 2. The molecule has 1 atom stereocenters. The number of thioether (sulfide) groups is 1. The van der Waals surface area contributed by atoms with Crippen molar-refractivity contribution in [2.45, 2.75) is 32.0 Å². The topological polar surface area (TPSA) is 74.2 Å². The average molecular weight is 385 g/mol. The predicted molar refractivity (Wildman–Crippen MR) is 106 cm³/mol. The molecule has 0 aromatic heterocycles. The number of methoxy groups -OCH3 is 1. The van der Waals surface area contributed by atoms with E-state index in [2.05, 4.69) is 10.2 Å². The van der Waals surface area contributed by atoms with Gasteiger partial charge >= 0.3 is 0 Å². The number of ether oxygens (including phenoxy) is 2. The van der Waals surface area contributed by atoms with Gasteiger partial charge in [0.05, 0.1) is 13.7 Å². The Kier molecular flexibility index (Phi) is 8.50. The molecule has 1 saturated heterocycles. The quantitative estimate of drug-likeness (QED) is 0.562. The number of aliphatic hydroxyl groups is 2. The van der Waals surface area contributed by atoms with Crippen molar-refractivity contribution in [2.24, 2.45) is 0 Å². The van der Waals surface area contributed by atoms with Gasteiger partial charge in [-0.1, -0.05) is 6.07 Å². The third-order valence-electron chi connectivity index (χ3n) is 4.40. The van der Waals surface area contributed by atoms with Gasteiger partial charge < -0.3 is 25.0 Å². The number of β-amino-alcohol motifs (C(OH)–C–C–N with tert-alkyl or cyclic N) is 1. The highest BCUT2D eigenvalue weighted by Gasteiger charge is 2.17. The smallest absolute Gasteiger partial charge is 0.161 e. The van der Waals surface area contributed by atoms with Gasteiger partial charge in [-0.25, -0.2) is 0 Å². The van der Waals surface area contributed by atoms with Gasteiger partial charge in [-0.3, -0.25) is 4.90 Å². The molecule has 6 nitrogen and oxygen atoms in total. The summed E-state index contributed by atoms with van der Waals surface area (Å²) in [5.74, 6) is 3.53. The summed E-state index contributed by atoms with van der Waals surface area (Å²) in [4.78, 5) is 2.28. The van der Waals surface area contributed by atoms with Crippen LogP contribution >= 0.6 is 11.8 Å². The molecule has 2 rings (SSSR count). The lowest BCUT2D eigenvalue weighted by Crippen LogP contribution is -2.42. The largest absolute Gasteiger partial charge is 0.493 e. The fourth-order valence-electron chi connectivity index (χ4n) is 2.66. The summed E-state index contributed by atoms with van der Waals surface area (Å²) in [5.41, 5.74) is 0.710. The summed E-state index contributed by atoms with van der Waals surface area (Å²) < 4.78 is 11.2. The van der Waals surface area contributed by atoms with Crippen molar-refractivity contribution < 1.29 is 19.7 Å². The SMILES string of the molecule is COc1cc(CNC(C)(C)CO)ccc1OC[C@@H](O)CN1CCSCC1. The van der Waals surface area contributed by atoms with Crippen molar-refractivity contribution in [3.05, 3.63) is 23.8 Å². The lowest BCUT2D eigenvalue weighted by molar-refractivity contribution is 0.0705. The molecule has 148 valence electrons. The molecule has 1 aromatic carbocycles. The van der Waals surface area contributed by atoms with Crippen LogP contribution < -0.4 is 14.8 Å². The number of nitrogens with zero attached hydrogens (tertiary/aromatic N) is 1. The van der Waals surface area contributed by atoms with E-state index in [-0.39, 0.29) is 18.8 Å². The molecule has 1 aromatic rings. The molecule has 1 fully saturated rings. The van der Waals surface area contributed by atoms with Crippen LogP contribution in [-0.4, -0.2) is 78.2 Å². The van der Waals surface area contributed by atoms with E-state index in [1.54, 1.807) is 7.11 Å². The van der Waals surface area contributed by atoms with Crippen LogP contribution in [0, 0.1) is 0 Å². The molecule has 7 heteroatoms.